The monoisotopic (exact) mass is 344 g/mol. The Labute approximate surface area is 145 Å². The molecule has 1 heterocycles. The molecule has 0 bridgehead atoms. The van der Waals surface area contributed by atoms with E-state index in [-0.39, 0.29) is 17.4 Å². The predicted octanol–water partition coefficient (Wildman–Crippen LogP) is 2.36. The highest BCUT2D eigenvalue weighted by atomic mass is 32.2. The molecule has 0 aliphatic carbocycles. The Kier molecular flexibility index (Phi) is 6.81. The van der Waals surface area contributed by atoms with Crippen LogP contribution in [0.3, 0.4) is 0 Å². The zero-order chi connectivity index (χ0) is 17.4. The Morgan fingerprint density at radius 3 is 2.58 bits per heavy atom. The molecule has 0 saturated carbocycles. The van der Waals surface area contributed by atoms with Gasteiger partial charge in [-0.1, -0.05) is 24.3 Å². The molecule has 5 nitrogen and oxygen atoms in total. The first-order valence-electron chi connectivity index (χ1n) is 7.74. The third-order valence-corrected chi connectivity index (χ3v) is 4.45. The molecule has 1 aromatic carbocycles. The number of aromatic nitrogens is 1. The number of nitrogens with zero attached hydrogens (tertiary/aromatic N) is 1. The maximum Gasteiger partial charge on any atom is 0.251 e. The first kappa shape index (κ1) is 18.0. The summed E-state index contributed by atoms with van der Waals surface area (Å²) in [5, 5.41) is 14.8. The number of rotatable bonds is 8. The molecule has 1 amide bonds. The van der Waals surface area contributed by atoms with Crippen molar-refractivity contribution in [2.75, 3.05) is 12.3 Å². The van der Waals surface area contributed by atoms with E-state index in [0.717, 1.165) is 23.1 Å². The van der Waals surface area contributed by atoms with Crippen molar-refractivity contribution in [3.05, 3.63) is 65.0 Å². The molecule has 24 heavy (non-hydrogen) atoms. The zero-order valence-corrected chi connectivity index (χ0v) is 14.3. The Hall–Kier alpha value is -2.34. The molecular formula is C18H20N2O3S. The van der Waals surface area contributed by atoms with Gasteiger partial charge in [0.1, 0.15) is 0 Å². The van der Waals surface area contributed by atoms with E-state index in [4.69, 9.17) is 0 Å². The summed E-state index contributed by atoms with van der Waals surface area (Å²) in [6, 6.07) is 12.6. The van der Waals surface area contributed by atoms with Gasteiger partial charge in [0.2, 0.25) is 5.91 Å². The molecule has 126 valence electrons. The molecule has 0 radical (unpaired) electrons. The van der Waals surface area contributed by atoms with Crippen LogP contribution < -0.4 is 10.0 Å². The van der Waals surface area contributed by atoms with Crippen molar-refractivity contribution in [3.8, 4) is 0 Å². The Balaban J connectivity index is 1.82. The number of hydrogen-bond acceptors (Lipinski definition) is 4. The van der Waals surface area contributed by atoms with Gasteiger partial charge in [-0.3, -0.25) is 9.59 Å². The number of carbonyl (C=O) groups is 2. The van der Waals surface area contributed by atoms with Gasteiger partial charge in [0.05, 0.1) is 5.75 Å². The van der Waals surface area contributed by atoms with Crippen LogP contribution in [0.2, 0.25) is 0 Å². The number of carbonyl (C=O) groups excluding carboxylic acids is 2. The summed E-state index contributed by atoms with van der Waals surface area (Å²) in [5.74, 6) is 0.202. The summed E-state index contributed by atoms with van der Waals surface area (Å²) < 4.78 is 0.760. The van der Waals surface area contributed by atoms with Gasteiger partial charge in [-0.05, 0) is 36.2 Å². The van der Waals surface area contributed by atoms with Crippen molar-refractivity contribution in [3.63, 3.8) is 0 Å². The van der Waals surface area contributed by atoms with E-state index >= 15 is 0 Å². The molecule has 1 aromatic heterocycles. The lowest BCUT2D eigenvalue weighted by Crippen LogP contribution is -2.28. The lowest BCUT2D eigenvalue weighted by molar-refractivity contribution is -0.645. The number of nitrogens with one attached hydrogen (secondary N) is 1. The van der Waals surface area contributed by atoms with Crippen LogP contribution in [0.15, 0.2) is 53.7 Å². The average Bonchev–Trinajstić information content (AvgIpc) is 2.58. The van der Waals surface area contributed by atoms with Crippen molar-refractivity contribution in [1.29, 1.82) is 0 Å². The number of aryl methyl sites for hydroxylation is 1. The van der Waals surface area contributed by atoms with Crippen LogP contribution in [0.5, 0.6) is 0 Å². The van der Waals surface area contributed by atoms with Crippen LogP contribution in [-0.2, 0) is 11.2 Å². The van der Waals surface area contributed by atoms with Gasteiger partial charge in [-0.15, -0.1) is 0 Å². The highest BCUT2D eigenvalue weighted by Crippen LogP contribution is 2.16. The Bertz CT molecular complexity index is 702. The summed E-state index contributed by atoms with van der Waals surface area (Å²) in [7, 11) is 0. The van der Waals surface area contributed by atoms with E-state index in [1.807, 2.05) is 24.3 Å². The van der Waals surface area contributed by atoms with Crippen LogP contribution in [0.4, 0.5) is 0 Å². The Morgan fingerprint density at radius 1 is 1.17 bits per heavy atom. The topological polar surface area (TPSA) is 73.1 Å². The van der Waals surface area contributed by atoms with E-state index in [2.05, 4.69) is 5.32 Å². The van der Waals surface area contributed by atoms with E-state index in [9.17, 15) is 14.8 Å². The standard InChI is InChI=1S/C18H20N2O3S/c1-14(21)19-11-4-5-15-7-9-16(10-8-15)17(22)13-24-18-6-2-3-12-20(18)23/h2-3,6-10,12H,4-5,11,13H2,1H3,(H,19,21). The fourth-order valence-electron chi connectivity index (χ4n) is 2.16. The second-order valence-corrected chi connectivity index (χ2v) is 6.36. The molecule has 0 spiro atoms. The first-order chi connectivity index (χ1) is 11.6. The van der Waals surface area contributed by atoms with E-state index in [0.29, 0.717) is 17.1 Å². The van der Waals surface area contributed by atoms with Crippen molar-refractivity contribution < 1.29 is 14.3 Å². The fraction of sp³-hybridized carbons (Fsp3) is 0.278. The summed E-state index contributed by atoms with van der Waals surface area (Å²) in [6.45, 7) is 2.15. The number of ketones is 1. The number of hydrogen-bond donors (Lipinski definition) is 1. The van der Waals surface area contributed by atoms with Crippen LogP contribution in [0.1, 0.15) is 29.3 Å². The van der Waals surface area contributed by atoms with Crippen molar-refractivity contribution >= 4 is 23.5 Å². The van der Waals surface area contributed by atoms with E-state index in [1.165, 1.54) is 24.9 Å². The number of amides is 1. The first-order valence-corrected chi connectivity index (χ1v) is 8.72. The van der Waals surface area contributed by atoms with E-state index < -0.39 is 0 Å². The average molecular weight is 344 g/mol. The number of Topliss-reactive ketones (excluding diaryl/α,β-unsaturated/α-hetero) is 1. The summed E-state index contributed by atoms with van der Waals surface area (Å²) in [4.78, 5) is 23.0. The summed E-state index contributed by atoms with van der Waals surface area (Å²) in [6.07, 6.45) is 3.13. The van der Waals surface area contributed by atoms with Gasteiger partial charge >= 0.3 is 0 Å². The van der Waals surface area contributed by atoms with Crippen LogP contribution in [0, 0.1) is 5.21 Å². The number of thioether (sulfide) groups is 1. The number of pyridine rings is 1. The summed E-state index contributed by atoms with van der Waals surface area (Å²) >= 11 is 1.23. The van der Waals surface area contributed by atoms with Gasteiger partial charge < -0.3 is 10.5 Å². The van der Waals surface area contributed by atoms with Crippen LogP contribution >= 0.6 is 11.8 Å². The maximum absolute atomic E-state index is 12.2. The smallest absolute Gasteiger partial charge is 0.251 e. The molecule has 0 aliphatic rings. The molecule has 2 rings (SSSR count). The fourth-order valence-corrected chi connectivity index (χ4v) is 2.97. The molecule has 6 heteroatoms. The third kappa shape index (κ3) is 5.70. The SMILES string of the molecule is CC(=O)NCCCc1ccc(C(=O)CSc2cccc[n+]2[O-])cc1. The lowest BCUT2D eigenvalue weighted by Gasteiger charge is -2.05. The summed E-state index contributed by atoms with van der Waals surface area (Å²) in [5.41, 5.74) is 1.77. The number of benzene rings is 1. The molecule has 0 aliphatic heterocycles. The highest BCUT2D eigenvalue weighted by Gasteiger charge is 2.11. The zero-order valence-electron chi connectivity index (χ0n) is 13.5. The minimum absolute atomic E-state index is 0.00588. The molecule has 0 atom stereocenters. The predicted molar refractivity (Wildman–Crippen MR) is 93.9 cm³/mol. The minimum atomic E-state index is -0.0220. The van der Waals surface area contributed by atoms with Crippen LogP contribution in [-0.4, -0.2) is 24.0 Å². The van der Waals surface area contributed by atoms with Crippen LogP contribution in [0.25, 0.3) is 0 Å². The molecule has 1 N–H and O–H groups in total. The second kappa shape index (κ2) is 9.08. The van der Waals surface area contributed by atoms with Gasteiger partial charge in [-0.25, -0.2) is 0 Å². The molecule has 0 fully saturated rings. The molecule has 0 unspecified atom stereocenters. The molecule has 2 aromatic rings. The highest BCUT2D eigenvalue weighted by molar-refractivity contribution is 7.99. The third-order valence-electron chi connectivity index (χ3n) is 3.43. The van der Waals surface area contributed by atoms with Crippen molar-refractivity contribution in [2.24, 2.45) is 0 Å². The van der Waals surface area contributed by atoms with Gasteiger partial charge in [-0.2, -0.15) is 4.73 Å². The van der Waals surface area contributed by atoms with Gasteiger partial charge in [0.25, 0.3) is 5.03 Å². The van der Waals surface area contributed by atoms with Crippen molar-refractivity contribution in [2.45, 2.75) is 24.8 Å². The lowest BCUT2D eigenvalue weighted by atomic mass is 10.1. The molecular weight excluding hydrogens is 324 g/mol. The quantitative estimate of drug-likeness (QED) is 0.262. The van der Waals surface area contributed by atoms with Crippen molar-refractivity contribution in [1.82, 2.24) is 5.32 Å². The minimum Gasteiger partial charge on any atom is -0.618 e. The Morgan fingerprint density at radius 2 is 1.92 bits per heavy atom. The second-order valence-electron chi connectivity index (χ2n) is 5.36. The van der Waals surface area contributed by atoms with E-state index in [1.54, 1.807) is 18.2 Å². The van der Waals surface area contributed by atoms with Gasteiger partial charge in [0.15, 0.2) is 12.0 Å². The normalized spacial score (nSPS) is 10.4. The molecule has 0 saturated heterocycles. The maximum atomic E-state index is 12.2. The largest absolute Gasteiger partial charge is 0.618 e. The van der Waals surface area contributed by atoms with Gasteiger partial charge in [0, 0.05) is 31.2 Å².